The first-order valence-electron chi connectivity index (χ1n) is 7.15. The van der Waals surface area contributed by atoms with Crippen molar-refractivity contribution in [1.82, 2.24) is 4.57 Å². The van der Waals surface area contributed by atoms with Crippen molar-refractivity contribution in [3.8, 4) is 5.75 Å². The number of nitrogens with one attached hydrogen (secondary N) is 1. The predicted octanol–water partition coefficient (Wildman–Crippen LogP) is -1.35. The molecule has 8 nitrogen and oxygen atoms in total. The quantitative estimate of drug-likeness (QED) is 0.288. The molecule has 1 N–H and O–H groups in total. The monoisotopic (exact) mass is 354 g/mol. The number of rotatable bonds is 7. The van der Waals surface area contributed by atoms with Gasteiger partial charge in [0, 0.05) is 25.5 Å². The molecule has 1 heterocycles. The van der Waals surface area contributed by atoms with Crippen LogP contribution in [0, 0.1) is 10.1 Å². The van der Waals surface area contributed by atoms with E-state index in [1.165, 1.54) is 25.1 Å². The molecule has 0 saturated carbocycles. The Hall–Kier alpha value is -2.61. The molecule has 0 aliphatic heterocycles. The molecule has 1 aromatic carbocycles. The second-order valence-electron chi connectivity index (χ2n) is 5.14. The van der Waals surface area contributed by atoms with Crippen molar-refractivity contribution in [2.45, 2.75) is 19.9 Å². The van der Waals surface area contributed by atoms with Gasteiger partial charge in [-0.05, 0) is 6.07 Å². The maximum atomic E-state index is 11.2. The fourth-order valence-electron chi connectivity index (χ4n) is 2.11. The van der Waals surface area contributed by atoms with Gasteiger partial charge in [0.25, 0.3) is 5.69 Å². The highest BCUT2D eigenvalue weighted by Gasteiger charge is 2.13. The Kier molecular flexibility index (Phi) is 7.19. The number of hydrogen-bond acceptors (Lipinski definition) is 4. The van der Waals surface area contributed by atoms with Crippen molar-refractivity contribution >= 4 is 17.3 Å². The van der Waals surface area contributed by atoms with E-state index in [0.29, 0.717) is 18.0 Å². The Morgan fingerprint density at radius 2 is 2.21 bits per heavy atom. The summed E-state index contributed by atoms with van der Waals surface area (Å²) in [5, 5.41) is 13.4. The van der Waals surface area contributed by atoms with E-state index in [4.69, 9.17) is 4.74 Å². The van der Waals surface area contributed by atoms with Crippen LogP contribution in [0.1, 0.15) is 13.3 Å². The van der Waals surface area contributed by atoms with E-state index in [1.54, 1.807) is 0 Å². The van der Waals surface area contributed by atoms with Crippen molar-refractivity contribution < 1.29 is 31.4 Å². The number of amides is 1. The lowest BCUT2D eigenvalue weighted by Crippen LogP contribution is -3.00. The van der Waals surface area contributed by atoms with E-state index in [0.717, 1.165) is 13.0 Å². The average Bonchev–Trinajstić information content (AvgIpc) is 2.89. The summed E-state index contributed by atoms with van der Waals surface area (Å²) < 4.78 is 9.63. The highest BCUT2D eigenvalue weighted by molar-refractivity contribution is 5.90. The Labute approximate surface area is 145 Å². The minimum absolute atomic E-state index is 0. The molecule has 9 heteroatoms. The number of aryl methyl sites for hydroxylation is 2. The summed E-state index contributed by atoms with van der Waals surface area (Å²) in [4.78, 5) is 21.5. The number of halogens is 1. The van der Waals surface area contributed by atoms with Gasteiger partial charge in [-0.15, -0.1) is 0 Å². The summed E-state index contributed by atoms with van der Waals surface area (Å²) >= 11 is 0. The summed E-state index contributed by atoms with van der Waals surface area (Å²) in [5.41, 5.74) is 0.208. The summed E-state index contributed by atoms with van der Waals surface area (Å²) in [6.07, 6.45) is 6.65. The van der Waals surface area contributed by atoms with Crippen LogP contribution in [-0.4, -0.2) is 22.0 Å². The van der Waals surface area contributed by atoms with E-state index >= 15 is 0 Å². The number of imidazole rings is 1. The Morgan fingerprint density at radius 1 is 1.46 bits per heavy atom. The molecular weight excluding hydrogens is 336 g/mol. The first kappa shape index (κ1) is 19.4. The van der Waals surface area contributed by atoms with Gasteiger partial charge in [0.1, 0.15) is 18.1 Å². The minimum Gasteiger partial charge on any atom is -1.00 e. The molecule has 0 aliphatic carbocycles. The smallest absolute Gasteiger partial charge is 0.271 e. The van der Waals surface area contributed by atoms with Gasteiger partial charge in [-0.25, -0.2) is 9.13 Å². The minimum atomic E-state index is -0.513. The molecule has 0 atom stereocenters. The van der Waals surface area contributed by atoms with Gasteiger partial charge in [-0.2, -0.15) is 0 Å². The average molecular weight is 355 g/mol. The topological polar surface area (TPSA) is 90.3 Å². The first-order valence-corrected chi connectivity index (χ1v) is 7.15. The Balaban J connectivity index is 0.00000288. The lowest BCUT2D eigenvalue weighted by Gasteiger charge is -2.11. The van der Waals surface area contributed by atoms with Gasteiger partial charge in [0.2, 0.25) is 12.2 Å². The van der Waals surface area contributed by atoms with Gasteiger partial charge >= 0.3 is 0 Å². The van der Waals surface area contributed by atoms with E-state index < -0.39 is 4.92 Å². The fourth-order valence-corrected chi connectivity index (χ4v) is 2.11. The summed E-state index contributed by atoms with van der Waals surface area (Å²) in [7, 11) is 1.95. The van der Waals surface area contributed by atoms with Crippen molar-refractivity contribution in [2.75, 3.05) is 11.9 Å². The normalized spacial score (nSPS) is 9.92. The van der Waals surface area contributed by atoms with Gasteiger partial charge in [0.15, 0.2) is 0 Å². The standard InChI is InChI=1S/C15H18N4O4.ClH/c1-12(20)16-14-10-13(19(21)22)4-5-15(14)23-9-3-6-18-8-7-17(2)11-18;/h4-5,7-8,10-11H,3,6,9H2,1-2H3;1H. The molecule has 0 aliphatic rings. The molecule has 0 fully saturated rings. The van der Waals surface area contributed by atoms with Crippen LogP contribution in [-0.2, 0) is 18.4 Å². The van der Waals surface area contributed by atoms with E-state index in [9.17, 15) is 14.9 Å². The van der Waals surface area contributed by atoms with Crippen LogP contribution in [0.25, 0.3) is 0 Å². The third-order valence-corrected chi connectivity index (χ3v) is 3.13. The molecule has 130 valence electrons. The van der Waals surface area contributed by atoms with Crippen LogP contribution in [0.3, 0.4) is 0 Å². The molecule has 0 bridgehead atoms. The maximum absolute atomic E-state index is 11.2. The SMILES string of the molecule is CC(=O)Nc1cc([N+](=O)[O-])ccc1OCCC[n+]1ccn(C)c1.[Cl-]. The van der Waals surface area contributed by atoms with Crippen LogP contribution in [0.15, 0.2) is 36.9 Å². The third-order valence-electron chi connectivity index (χ3n) is 3.13. The molecule has 0 saturated heterocycles. The van der Waals surface area contributed by atoms with Crippen molar-refractivity contribution in [3.05, 3.63) is 47.0 Å². The number of non-ortho nitro benzene ring substituents is 1. The number of ether oxygens (including phenoxy) is 1. The number of anilines is 1. The number of nitro groups is 1. The highest BCUT2D eigenvalue weighted by Crippen LogP contribution is 2.29. The molecule has 0 radical (unpaired) electrons. The van der Waals surface area contributed by atoms with Gasteiger partial charge in [0.05, 0.1) is 30.8 Å². The molecule has 1 aromatic heterocycles. The van der Waals surface area contributed by atoms with Gasteiger partial charge < -0.3 is 22.5 Å². The summed E-state index contributed by atoms with van der Waals surface area (Å²) in [5.74, 6) is 0.110. The Morgan fingerprint density at radius 3 is 2.79 bits per heavy atom. The van der Waals surface area contributed by atoms with E-state index in [1.807, 2.05) is 34.9 Å². The lowest BCUT2D eigenvalue weighted by atomic mass is 10.2. The van der Waals surface area contributed by atoms with Crippen LogP contribution >= 0.6 is 0 Å². The zero-order chi connectivity index (χ0) is 16.8. The van der Waals surface area contributed by atoms with E-state index in [2.05, 4.69) is 5.32 Å². The van der Waals surface area contributed by atoms with Gasteiger partial charge in [-0.3, -0.25) is 14.9 Å². The van der Waals surface area contributed by atoms with Crippen LogP contribution in [0.5, 0.6) is 5.75 Å². The fraction of sp³-hybridized carbons (Fsp3) is 0.333. The number of carbonyl (C=O) groups is 1. The number of nitro benzene ring substituents is 1. The second-order valence-corrected chi connectivity index (χ2v) is 5.14. The molecule has 24 heavy (non-hydrogen) atoms. The molecule has 2 rings (SSSR count). The summed E-state index contributed by atoms with van der Waals surface area (Å²) in [6.45, 7) is 2.57. The number of aromatic nitrogens is 2. The van der Waals surface area contributed by atoms with Crippen molar-refractivity contribution in [2.24, 2.45) is 7.05 Å². The number of hydrogen-bond donors (Lipinski definition) is 1. The Bertz CT molecular complexity index is 717. The lowest BCUT2D eigenvalue weighted by molar-refractivity contribution is -0.696. The van der Waals surface area contributed by atoms with E-state index in [-0.39, 0.29) is 24.0 Å². The van der Waals surface area contributed by atoms with Crippen LogP contribution in [0.4, 0.5) is 11.4 Å². The summed E-state index contributed by atoms with van der Waals surface area (Å²) in [6, 6.07) is 4.15. The number of nitrogens with zero attached hydrogens (tertiary/aromatic N) is 3. The van der Waals surface area contributed by atoms with Crippen molar-refractivity contribution in [1.29, 1.82) is 0 Å². The molecule has 0 spiro atoms. The van der Waals surface area contributed by atoms with Crippen LogP contribution < -0.4 is 27.0 Å². The number of carbonyl (C=O) groups excluding carboxylic acids is 1. The maximum Gasteiger partial charge on any atom is 0.271 e. The third kappa shape index (κ3) is 5.54. The first-order chi connectivity index (χ1) is 11.0. The molecule has 1 amide bonds. The molecule has 2 aromatic rings. The highest BCUT2D eigenvalue weighted by atomic mass is 35.5. The predicted molar refractivity (Wildman–Crippen MR) is 83.1 cm³/mol. The number of benzene rings is 1. The van der Waals surface area contributed by atoms with Crippen LogP contribution in [0.2, 0.25) is 0 Å². The van der Waals surface area contributed by atoms with Gasteiger partial charge in [-0.1, -0.05) is 0 Å². The zero-order valence-corrected chi connectivity index (χ0v) is 14.2. The molecule has 0 unspecified atom stereocenters. The molecular formula is C15H19ClN4O4. The second kappa shape index (κ2) is 8.88. The van der Waals surface area contributed by atoms with Crippen molar-refractivity contribution in [3.63, 3.8) is 0 Å². The zero-order valence-electron chi connectivity index (χ0n) is 13.4. The largest absolute Gasteiger partial charge is 1.00 e.